The van der Waals surface area contributed by atoms with Crippen LogP contribution < -0.4 is 0 Å². The van der Waals surface area contributed by atoms with Crippen molar-refractivity contribution in [2.45, 2.75) is 26.8 Å². The first-order valence-electron chi connectivity index (χ1n) is 10.6. The smallest absolute Gasteiger partial charge is 0.312 e. The van der Waals surface area contributed by atoms with Gasteiger partial charge in [-0.05, 0) is 31.5 Å². The zero-order chi connectivity index (χ0) is 23.1. The Kier molecular flexibility index (Phi) is 7.92. The number of hydrogen-bond acceptors (Lipinski definition) is 7. The van der Waals surface area contributed by atoms with Gasteiger partial charge in [0.2, 0.25) is 0 Å². The highest BCUT2D eigenvalue weighted by molar-refractivity contribution is 5.94. The molecule has 2 heterocycles. The van der Waals surface area contributed by atoms with Crippen LogP contribution in [0.4, 0.5) is 5.69 Å². The molecule has 0 atom stereocenters. The molecule has 10 heteroatoms. The Bertz CT molecular complexity index is 989. The Labute approximate surface area is 187 Å². The molecule has 1 aromatic heterocycles. The van der Waals surface area contributed by atoms with Crippen LogP contribution >= 0.6 is 0 Å². The van der Waals surface area contributed by atoms with Gasteiger partial charge in [-0.25, -0.2) is 0 Å². The normalized spacial score (nSPS) is 14.2. The number of hydrogen-bond donors (Lipinski definition) is 0. The molecule has 32 heavy (non-hydrogen) atoms. The molecular weight excluding hydrogens is 412 g/mol. The van der Waals surface area contributed by atoms with Gasteiger partial charge in [-0.15, -0.1) is 0 Å². The van der Waals surface area contributed by atoms with E-state index in [0.29, 0.717) is 49.8 Å². The van der Waals surface area contributed by atoms with Crippen LogP contribution in [0.2, 0.25) is 0 Å². The SMILES string of the molecule is Cc1nn(Cc2ccc(C(=O)N(CCC#N)CCN3CCOCC3)cc2)c(C)c1[N+](=O)[O-]. The number of ether oxygens (including phenoxy) is 1. The summed E-state index contributed by atoms with van der Waals surface area (Å²) in [5.74, 6) is -0.109. The fourth-order valence-corrected chi connectivity index (χ4v) is 3.80. The zero-order valence-electron chi connectivity index (χ0n) is 18.5. The van der Waals surface area contributed by atoms with E-state index in [-0.39, 0.29) is 18.0 Å². The molecule has 2 aromatic rings. The highest BCUT2D eigenvalue weighted by Gasteiger charge is 2.22. The fourth-order valence-electron chi connectivity index (χ4n) is 3.80. The zero-order valence-corrected chi connectivity index (χ0v) is 18.5. The lowest BCUT2D eigenvalue weighted by atomic mass is 10.1. The number of nitrogens with zero attached hydrogens (tertiary/aromatic N) is 6. The average Bonchev–Trinajstić information content (AvgIpc) is 3.07. The molecule has 0 bridgehead atoms. The van der Waals surface area contributed by atoms with Crippen LogP contribution in [0.1, 0.15) is 33.7 Å². The van der Waals surface area contributed by atoms with Gasteiger partial charge in [0.25, 0.3) is 5.91 Å². The van der Waals surface area contributed by atoms with Gasteiger partial charge in [0, 0.05) is 38.3 Å². The van der Waals surface area contributed by atoms with E-state index in [9.17, 15) is 14.9 Å². The second kappa shape index (κ2) is 10.8. The Morgan fingerprint density at radius 3 is 2.53 bits per heavy atom. The lowest BCUT2D eigenvalue weighted by Gasteiger charge is -2.30. The van der Waals surface area contributed by atoms with E-state index in [2.05, 4.69) is 16.1 Å². The lowest BCUT2D eigenvalue weighted by Crippen LogP contribution is -2.43. The maximum Gasteiger partial charge on any atom is 0.312 e. The second-order valence-corrected chi connectivity index (χ2v) is 7.79. The van der Waals surface area contributed by atoms with Crippen LogP contribution in [-0.4, -0.2) is 76.3 Å². The van der Waals surface area contributed by atoms with Gasteiger partial charge in [-0.1, -0.05) is 12.1 Å². The summed E-state index contributed by atoms with van der Waals surface area (Å²) in [5, 5.41) is 24.4. The minimum Gasteiger partial charge on any atom is -0.379 e. The van der Waals surface area contributed by atoms with Crippen molar-refractivity contribution >= 4 is 11.6 Å². The Balaban J connectivity index is 1.67. The molecule has 1 aromatic carbocycles. The summed E-state index contributed by atoms with van der Waals surface area (Å²) in [5.41, 5.74) is 2.35. The maximum atomic E-state index is 13.1. The fraction of sp³-hybridized carbons (Fsp3) is 0.500. The predicted octanol–water partition coefficient (Wildman–Crippen LogP) is 2.14. The molecule has 0 spiro atoms. The molecular formula is C22H28N6O4. The molecule has 1 amide bonds. The summed E-state index contributed by atoms with van der Waals surface area (Å²) in [7, 11) is 0. The third-order valence-corrected chi connectivity index (χ3v) is 5.63. The third kappa shape index (κ3) is 5.69. The predicted molar refractivity (Wildman–Crippen MR) is 117 cm³/mol. The Hall–Kier alpha value is -3.29. The lowest BCUT2D eigenvalue weighted by molar-refractivity contribution is -0.386. The number of carbonyl (C=O) groups excluding carboxylic acids is 1. The van der Waals surface area contributed by atoms with E-state index in [4.69, 9.17) is 10.00 Å². The van der Waals surface area contributed by atoms with E-state index < -0.39 is 4.92 Å². The van der Waals surface area contributed by atoms with E-state index >= 15 is 0 Å². The van der Waals surface area contributed by atoms with Crippen LogP contribution in [0.25, 0.3) is 0 Å². The summed E-state index contributed by atoms with van der Waals surface area (Å²) in [6, 6.07) is 9.29. The highest BCUT2D eigenvalue weighted by Crippen LogP contribution is 2.22. The molecule has 0 aliphatic carbocycles. The first-order valence-corrected chi connectivity index (χ1v) is 10.6. The molecule has 0 N–H and O–H groups in total. The summed E-state index contributed by atoms with van der Waals surface area (Å²) < 4.78 is 6.97. The Morgan fingerprint density at radius 1 is 1.25 bits per heavy atom. The van der Waals surface area contributed by atoms with Gasteiger partial charge in [-0.3, -0.25) is 24.5 Å². The molecule has 1 saturated heterocycles. The number of amides is 1. The van der Waals surface area contributed by atoms with Gasteiger partial charge in [-0.2, -0.15) is 10.4 Å². The van der Waals surface area contributed by atoms with Crippen molar-refractivity contribution in [2.75, 3.05) is 45.9 Å². The first-order chi connectivity index (χ1) is 15.4. The molecule has 10 nitrogen and oxygen atoms in total. The molecule has 3 rings (SSSR count). The summed E-state index contributed by atoms with van der Waals surface area (Å²) >= 11 is 0. The number of rotatable bonds is 9. The Morgan fingerprint density at radius 2 is 1.94 bits per heavy atom. The number of benzene rings is 1. The number of aryl methyl sites for hydroxylation is 1. The summed E-state index contributed by atoms with van der Waals surface area (Å²) in [4.78, 5) is 27.8. The molecule has 1 aliphatic rings. The third-order valence-electron chi connectivity index (χ3n) is 5.63. The van der Waals surface area contributed by atoms with E-state index in [1.165, 1.54) is 0 Å². The number of nitriles is 1. The topological polar surface area (TPSA) is 118 Å². The standard InChI is InChI=1S/C22H28N6O4/c1-17-21(28(30)31)18(2)27(24-17)16-19-4-6-20(7-5-19)22(29)26(9-3-8-23)11-10-25-12-14-32-15-13-25/h4-7H,3,9-16H2,1-2H3. The first kappa shape index (κ1) is 23.4. The number of aromatic nitrogens is 2. The molecule has 0 saturated carbocycles. The van der Waals surface area contributed by atoms with Crippen molar-refractivity contribution < 1.29 is 14.5 Å². The highest BCUT2D eigenvalue weighted by atomic mass is 16.6. The van der Waals surface area contributed by atoms with Crippen LogP contribution in [0.15, 0.2) is 24.3 Å². The van der Waals surface area contributed by atoms with Crippen molar-refractivity contribution in [3.05, 3.63) is 56.9 Å². The van der Waals surface area contributed by atoms with Crippen LogP contribution in [-0.2, 0) is 11.3 Å². The monoisotopic (exact) mass is 440 g/mol. The van der Waals surface area contributed by atoms with Crippen LogP contribution in [0.5, 0.6) is 0 Å². The van der Waals surface area contributed by atoms with Gasteiger partial charge >= 0.3 is 5.69 Å². The van der Waals surface area contributed by atoms with Gasteiger partial charge in [0.05, 0.1) is 37.2 Å². The average molecular weight is 441 g/mol. The van der Waals surface area contributed by atoms with Crippen LogP contribution in [0, 0.1) is 35.3 Å². The molecule has 0 unspecified atom stereocenters. The van der Waals surface area contributed by atoms with Gasteiger partial charge in [0.15, 0.2) is 0 Å². The minimum atomic E-state index is -0.414. The molecule has 1 fully saturated rings. The number of nitro groups is 1. The summed E-state index contributed by atoms with van der Waals surface area (Å²) in [6.07, 6.45) is 0.281. The second-order valence-electron chi connectivity index (χ2n) is 7.79. The minimum absolute atomic E-state index is 0.0326. The van der Waals surface area contributed by atoms with Gasteiger partial charge < -0.3 is 9.64 Å². The number of morpholine rings is 1. The van der Waals surface area contributed by atoms with Crippen molar-refractivity contribution in [1.82, 2.24) is 19.6 Å². The number of carbonyl (C=O) groups is 1. The van der Waals surface area contributed by atoms with Crippen molar-refractivity contribution in [2.24, 2.45) is 0 Å². The van der Waals surface area contributed by atoms with E-state index in [1.807, 2.05) is 12.1 Å². The molecule has 1 aliphatic heterocycles. The maximum absolute atomic E-state index is 13.1. The quantitative estimate of drug-likeness (QED) is 0.433. The molecule has 170 valence electrons. The van der Waals surface area contributed by atoms with Gasteiger partial charge in [0.1, 0.15) is 11.4 Å². The van der Waals surface area contributed by atoms with E-state index in [0.717, 1.165) is 25.2 Å². The largest absolute Gasteiger partial charge is 0.379 e. The van der Waals surface area contributed by atoms with Crippen molar-refractivity contribution in [3.8, 4) is 6.07 Å². The molecule has 0 radical (unpaired) electrons. The van der Waals surface area contributed by atoms with E-state index in [1.54, 1.807) is 35.6 Å². The van der Waals surface area contributed by atoms with Crippen molar-refractivity contribution in [3.63, 3.8) is 0 Å². The van der Waals surface area contributed by atoms with Crippen LogP contribution in [0.3, 0.4) is 0 Å². The van der Waals surface area contributed by atoms with Crippen molar-refractivity contribution in [1.29, 1.82) is 5.26 Å². The summed E-state index contributed by atoms with van der Waals surface area (Å²) in [6.45, 7) is 8.46.